The predicted octanol–water partition coefficient (Wildman–Crippen LogP) is 3.44. The van der Waals surface area contributed by atoms with Crippen molar-refractivity contribution in [2.75, 3.05) is 6.54 Å². The van der Waals surface area contributed by atoms with Gasteiger partial charge in [0, 0.05) is 25.2 Å². The van der Waals surface area contributed by atoms with Crippen molar-refractivity contribution in [3.63, 3.8) is 0 Å². The molecule has 1 unspecified atom stereocenters. The summed E-state index contributed by atoms with van der Waals surface area (Å²) in [6.07, 6.45) is 2.63. The van der Waals surface area contributed by atoms with Gasteiger partial charge in [-0.05, 0) is 31.0 Å². The molecule has 1 N–H and O–H groups in total. The molecule has 0 saturated heterocycles. The van der Waals surface area contributed by atoms with Crippen LogP contribution in [0.1, 0.15) is 42.5 Å². The van der Waals surface area contributed by atoms with Crippen molar-refractivity contribution in [3.05, 3.63) is 71.8 Å². The standard InChI is InChI=1S/C26H30N6O4/c1-17(2)13-31(14-19-9-7-8-12-27-19)25(33)18(3)36-16-20-15-32(29-28-20)24-23(26(34)35)21-10-5-6-11-22(21)30(24)4/h5-12,15,17-18H,13-14,16H2,1-4H3,(H,34,35). The quantitative estimate of drug-likeness (QED) is 0.362. The first-order valence-electron chi connectivity index (χ1n) is 11.8. The number of carboxylic acids is 1. The van der Waals surface area contributed by atoms with Crippen molar-refractivity contribution in [1.29, 1.82) is 0 Å². The van der Waals surface area contributed by atoms with Crippen molar-refractivity contribution in [3.8, 4) is 5.82 Å². The van der Waals surface area contributed by atoms with Crippen molar-refractivity contribution >= 4 is 22.8 Å². The highest BCUT2D eigenvalue weighted by molar-refractivity contribution is 6.07. The molecule has 4 aromatic rings. The largest absolute Gasteiger partial charge is 0.478 e. The van der Waals surface area contributed by atoms with Gasteiger partial charge in [-0.3, -0.25) is 9.78 Å². The molecule has 0 bridgehead atoms. The molecule has 3 heterocycles. The first kappa shape index (κ1) is 25.1. The molecule has 3 aromatic heterocycles. The van der Waals surface area contributed by atoms with Crippen LogP contribution in [0.3, 0.4) is 0 Å². The molecule has 0 aliphatic carbocycles. The van der Waals surface area contributed by atoms with E-state index in [0.29, 0.717) is 30.0 Å². The Kier molecular flexibility index (Phi) is 7.44. The molecule has 0 fully saturated rings. The summed E-state index contributed by atoms with van der Waals surface area (Å²) in [6.45, 7) is 6.87. The highest BCUT2D eigenvalue weighted by Crippen LogP contribution is 2.28. The summed E-state index contributed by atoms with van der Waals surface area (Å²) in [5.74, 6) is -0.505. The molecule has 0 aliphatic heterocycles. The van der Waals surface area contributed by atoms with Gasteiger partial charge in [0.1, 0.15) is 17.4 Å². The van der Waals surface area contributed by atoms with Gasteiger partial charge in [0.2, 0.25) is 0 Å². The van der Waals surface area contributed by atoms with Crippen LogP contribution in [-0.2, 0) is 29.7 Å². The van der Waals surface area contributed by atoms with Gasteiger partial charge in [-0.25, -0.2) is 9.48 Å². The van der Waals surface area contributed by atoms with Gasteiger partial charge in [0.15, 0.2) is 5.82 Å². The number of carbonyl (C=O) groups excluding carboxylic acids is 1. The molecule has 0 radical (unpaired) electrons. The van der Waals surface area contributed by atoms with Crippen molar-refractivity contribution in [2.45, 2.75) is 40.0 Å². The summed E-state index contributed by atoms with van der Waals surface area (Å²) < 4.78 is 9.06. The van der Waals surface area contributed by atoms with E-state index < -0.39 is 12.1 Å². The van der Waals surface area contributed by atoms with Gasteiger partial charge in [-0.15, -0.1) is 5.10 Å². The second-order valence-electron chi connectivity index (χ2n) is 9.12. The second-order valence-corrected chi connectivity index (χ2v) is 9.12. The third-order valence-corrected chi connectivity index (χ3v) is 5.85. The van der Waals surface area contributed by atoms with Crippen LogP contribution < -0.4 is 0 Å². The van der Waals surface area contributed by atoms with Gasteiger partial charge in [-0.2, -0.15) is 0 Å². The molecule has 0 saturated carbocycles. The number of nitrogens with zero attached hydrogens (tertiary/aromatic N) is 6. The molecule has 0 aliphatic rings. The van der Waals surface area contributed by atoms with Crippen LogP contribution in [0.25, 0.3) is 16.7 Å². The Labute approximate surface area is 209 Å². The van der Waals surface area contributed by atoms with Crippen LogP contribution in [-0.4, -0.2) is 59.1 Å². The van der Waals surface area contributed by atoms with E-state index >= 15 is 0 Å². The van der Waals surface area contributed by atoms with Crippen molar-refractivity contribution < 1.29 is 19.4 Å². The van der Waals surface area contributed by atoms with Crippen molar-refractivity contribution in [2.24, 2.45) is 13.0 Å². The molecule has 1 amide bonds. The van der Waals surface area contributed by atoms with Gasteiger partial charge in [0.05, 0.1) is 30.6 Å². The Morgan fingerprint density at radius 2 is 1.83 bits per heavy atom. The summed E-state index contributed by atoms with van der Waals surface area (Å²) in [7, 11) is 1.79. The zero-order valence-electron chi connectivity index (χ0n) is 20.8. The number of aromatic nitrogens is 5. The fraction of sp³-hybridized carbons (Fsp3) is 0.346. The molecule has 188 valence electrons. The van der Waals surface area contributed by atoms with E-state index in [1.54, 1.807) is 48.0 Å². The third-order valence-electron chi connectivity index (χ3n) is 5.85. The molecule has 1 atom stereocenters. The van der Waals surface area contributed by atoms with Crippen LogP contribution in [0.15, 0.2) is 54.9 Å². The molecule has 10 heteroatoms. The first-order chi connectivity index (χ1) is 17.3. The monoisotopic (exact) mass is 490 g/mol. The average Bonchev–Trinajstić information content (AvgIpc) is 3.44. The van der Waals surface area contributed by atoms with Gasteiger partial charge in [0.25, 0.3) is 5.91 Å². The van der Waals surface area contributed by atoms with Gasteiger partial charge >= 0.3 is 5.97 Å². The normalized spacial score (nSPS) is 12.2. The number of hydrogen-bond donors (Lipinski definition) is 1. The van der Waals surface area contributed by atoms with E-state index in [1.807, 2.05) is 30.3 Å². The maximum Gasteiger partial charge on any atom is 0.340 e. The number of carbonyl (C=O) groups is 2. The Morgan fingerprint density at radius 3 is 2.53 bits per heavy atom. The summed E-state index contributed by atoms with van der Waals surface area (Å²) in [6, 6.07) is 12.9. The molecule has 0 spiro atoms. The van der Waals surface area contributed by atoms with E-state index in [2.05, 4.69) is 29.1 Å². The molecular formula is C26H30N6O4. The van der Waals surface area contributed by atoms with Gasteiger partial charge < -0.3 is 19.3 Å². The summed E-state index contributed by atoms with van der Waals surface area (Å²) in [5, 5.41) is 18.8. The third kappa shape index (κ3) is 5.28. The van der Waals surface area contributed by atoms with Crippen molar-refractivity contribution in [1.82, 2.24) is 29.4 Å². The van der Waals surface area contributed by atoms with E-state index in [4.69, 9.17) is 4.74 Å². The maximum atomic E-state index is 13.2. The average molecular weight is 491 g/mol. The summed E-state index contributed by atoms with van der Waals surface area (Å²) >= 11 is 0. The number of rotatable bonds is 10. The predicted molar refractivity (Wildman–Crippen MR) is 134 cm³/mol. The number of carboxylic acid groups (broad SMARTS) is 1. The lowest BCUT2D eigenvalue weighted by Crippen LogP contribution is -2.40. The number of para-hydroxylation sites is 1. The fourth-order valence-corrected chi connectivity index (χ4v) is 4.23. The minimum absolute atomic E-state index is 0.0539. The molecule has 1 aromatic carbocycles. The lowest BCUT2D eigenvalue weighted by atomic mass is 10.1. The first-order valence-corrected chi connectivity index (χ1v) is 11.8. The zero-order chi connectivity index (χ0) is 25.8. The zero-order valence-corrected chi connectivity index (χ0v) is 20.8. The summed E-state index contributed by atoms with van der Waals surface area (Å²) in [5.41, 5.74) is 2.21. The Bertz CT molecular complexity index is 1360. The van der Waals surface area contributed by atoms with Crippen LogP contribution in [0, 0.1) is 5.92 Å². The molecule has 36 heavy (non-hydrogen) atoms. The van der Waals surface area contributed by atoms with Crippen LogP contribution in [0.5, 0.6) is 0 Å². The molecule has 4 rings (SSSR count). The fourth-order valence-electron chi connectivity index (χ4n) is 4.23. The number of benzene rings is 1. The number of fused-ring (bicyclic) bond motifs is 1. The van der Waals surface area contributed by atoms with E-state index in [9.17, 15) is 14.7 Å². The lowest BCUT2D eigenvalue weighted by Gasteiger charge is -2.27. The highest BCUT2D eigenvalue weighted by Gasteiger charge is 2.25. The number of aromatic carboxylic acids is 1. The Balaban J connectivity index is 1.48. The number of amides is 1. The highest BCUT2D eigenvalue weighted by atomic mass is 16.5. The summed E-state index contributed by atoms with van der Waals surface area (Å²) in [4.78, 5) is 31.3. The Hall–Kier alpha value is -4.05. The maximum absolute atomic E-state index is 13.2. The van der Waals surface area contributed by atoms with Crippen LogP contribution in [0.2, 0.25) is 0 Å². The number of ether oxygens (including phenoxy) is 1. The minimum Gasteiger partial charge on any atom is -0.478 e. The number of hydrogen-bond acceptors (Lipinski definition) is 6. The molecular weight excluding hydrogens is 460 g/mol. The lowest BCUT2D eigenvalue weighted by molar-refractivity contribution is -0.144. The minimum atomic E-state index is -1.05. The van der Waals surface area contributed by atoms with E-state index in [-0.39, 0.29) is 24.0 Å². The SMILES string of the molecule is CC(C)CN(Cc1ccccn1)C(=O)C(C)OCc1cn(-c2c(C(=O)O)c3ccccc3n2C)nn1. The molecule has 10 nitrogen and oxygen atoms in total. The van der Waals surface area contributed by atoms with Crippen LogP contribution >= 0.6 is 0 Å². The smallest absolute Gasteiger partial charge is 0.340 e. The topological polar surface area (TPSA) is 115 Å². The second kappa shape index (κ2) is 10.7. The van der Waals surface area contributed by atoms with E-state index in [1.165, 1.54) is 4.68 Å². The van der Waals surface area contributed by atoms with Gasteiger partial charge in [-0.1, -0.05) is 43.3 Å². The van der Waals surface area contributed by atoms with Crippen LogP contribution in [0.4, 0.5) is 0 Å². The van der Waals surface area contributed by atoms with E-state index in [0.717, 1.165) is 11.2 Å². The number of aryl methyl sites for hydroxylation is 1. The number of pyridine rings is 1. The Morgan fingerprint density at radius 1 is 1.08 bits per heavy atom.